The standard InChI is InChI=1S/C14H17N3O/c1-14(2,3)12-9-11(16-17-12)13(18)15-10-7-5-4-6-8-10/h4-9H,1-3H3,(H,15,18)(H,16,17). The molecule has 0 spiro atoms. The van der Waals surface area contributed by atoms with Crippen molar-refractivity contribution in [2.75, 3.05) is 5.32 Å². The minimum atomic E-state index is -0.201. The molecule has 4 nitrogen and oxygen atoms in total. The van der Waals surface area contributed by atoms with Crippen LogP contribution in [0, 0.1) is 0 Å². The molecule has 94 valence electrons. The highest BCUT2D eigenvalue weighted by Crippen LogP contribution is 2.20. The van der Waals surface area contributed by atoms with Crippen molar-refractivity contribution in [3.05, 3.63) is 47.8 Å². The van der Waals surface area contributed by atoms with Gasteiger partial charge >= 0.3 is 0 Å². The van der Waals surface area contributed by atoms with E-state index in [1.807, 2.05) is 30.3 Å². The first-order chi connectivity index (χ1) is 8.47. The van der Waals surface area contributed by atoms with E-state index < -0.39 is 0 Å². The van der Waals surface area contributed by atoms with Crippen molar-refractivity contribution in [2.24, 2.45) is 0 Å². The topological polar surface area (TPSA) is 57.8 Å². The Hall–Kier alpha value is -2.10. The van der Waals surface area contributed by atoms with Crippen LogP contribution < -0.4 is 5.32 Å². The van der Waals surface area contributed by atoms with Crippen LogP contribution in [0.15, 0.2) is 36.4 Å². The molecule has 1 amide bonds. The van der Waals surface area contributed by atoms with Crippen molar-refractivity contribution in [1.82, 2.24) is 10.2 Å². The Labute approximate surface area is 106 Å². The molecule has 0 radical (unpaired) electrons. The maximum Gasteiger partial charge on any atom is 0.276 e. The Morgan fingerprint density at radius 2 is 1.89 bits per heavy atom. The summed E-state index contributed by atoms with van der Waals surface area (Å²) >= 11 is 0. The zero-order chi connectivity index (χ0) is 13.2. The Morgan fingerprint density at radius 1 is 1.22 bits per heavy atom. The van der Waals surface area contributed by atoms with E-state index in [0.717, 1.165) is 11.4 Å². The van der Waals surface area contributed by atoms with E-state index in [0.29, 0.717) is 5.69 Å². The molecule has 2 aromatic rings. The predicted molar refractivity (Wildman–Crippen MR) is 71.7 cm³/mol. The van der Waals surface area contributed by atoms with E-state index in [-0.39, 0.29) is 11.3 Å². The summed E-state index contributed by atoms with van der Waals surface area (Å²) in [5.41, 5.74) is 2.07. The van der Waals surface area contributed by atoms with Crippen molar-refractivity contribution in [3.8, 4) is 0 Å². The van der Waals surface area contributed by atoms with Crippen molar-refractivity contribution in [3.63, 3.8) is 0 Å². The van der Waals surface area contributed by atoms with Gasteiger partial charge in [-0.3, -0.25) is 9.89 Å². The number of carbonyl (C=O) groups excluding carboxylic acids is 1. The highest BCUT2D eigenvalue weighted by atomic mass is 16.1. The van der Waals surface area contributed by atoms with E-state index in [2.05, 4.69) is 36.3 Å². The third-order valence-corrected chi connectivity index (χ3v) is 2.65. The number of aromatic amines is 1. The lowest BCUT2D eigenvalue weighted by atomic mass is 9.92. The third-order valence-electron chi connectivity index (χ3n) is 2.65. The van der Waals surface area contributed by atoms with E-state index in [4.69, 9.17) is 0 Å². The number of amides is 1. The first kappa shape index (κ1) is 12.4. The van der Waals surface area contributed by atoms with Gasteiger partial charge in [0, 0.05) is 16.8 Å². The fourth-order valence-electron chi connectivity index (χ4n) is 1.54. The van der Waals surface area contributed by atoms with E-state index in [1.54, 1.807) is 6.07 Å². The van der Waals surface area contributed by atoms with Gasteiger partial charge in [0.15, 0.2) is 5.69 Å². The van der Waals surface area contributed by atoms with Crippen molar-refractivity contribution in [2.45, 2.75) is 26.2 Å². The number of nitrogens with zero attached hydrogens (tertiary/aromatic N) is 1. The lowest BCUT2D eigenvalue weighted by Gasteiger charge is -2.14. The second-order valence-electron chi connectivity index (χ2n) is 5.24. The Balaban J connectivity index is 2.13. The average Bonchev–Trinajstić information content (AvgIpc) is 2.79. The zero-order valence-electron chi connectivity index (χ0n) is 10.8. The molecule has 2 rings (SSSR count). The zero-order valence-corrected chi connectivity index (χ0v) is 10.8. The molecule has 0 atom stereocenters. The quantitative estimate of drug-likeness (QED) is 0.852. The van der Waals surface area contributed by atoms with Crippen LogP contribution in [0.1, 0.15) is 37.0 Å². The van der Waals surface area contributed by atoms with E-state index in [9.17, 15) is 4.79 Å². The minimum Gasteiger partial charge on any atom is -0.321 e. The molecule has 1 heterocycles. The number of nitrogens with one attached hydrogen (secondary N) is 2. The maximum absolute atomic E-state index is 12.0. The van der Waals surface area contributed by atoms with Crippen LogP contribution in [0.4, 0.5) is 5.69 Å². The summed E-state index contributed by atoms with van der Waals surface area (Å²) in [6, 6.07) is 11.1. The first-order valence-corrected chi connectivity index (χ1v) is 5.89. The molecule has 0 fully saturated rings. The van der Waals surface area contributed by atoms with Crippen molar-refractivity contribution in [1.29, 1.82) is 0 Å². The fraction of sp³-hybridized carbons (Fsp3) is 0.286. The number of H-pyrrole nitrogens is 1. The molecular weight excluding hydrogens is 226 g/mol. The van der Waals surface area contributed by atoms with Gasteiger partial charge in [0.2, 0.25) is 0 Å². The molecule has 0 saturated heterocycles. The maximum atomic E-state index is 12.0. The Kier molecular flexibility index (Phi) is 3.19. The number of carbonyl (C=O) groups is 1. The fourth-order valence-corrected chi connectivity index (χ4v) is 1.54. The number of benzene rings is 1. The number of anilines is 1. The van der Waals surface area contributed by atoms with Gasteiger partial charge in [-0.2, -0.15) is 5.10 Å². The molecule has 0 aliphatic rings. The SMILES string of the molecule is CC(C)(C)c1cc(C(=O)Nc2ccccc2)n[nH]1. The third kappa shape index (κ3) is 2.77. The minimum absolute atomic E-state index is 0.0434. The summed E-state index contributed by atoms with van der Waals surface area (Å²) in [4.78, 5) is 12.0. The number of rotatable bonds is 2. The number of aromatic nitrogens is 2. The molecule has 4 heteroatoms. The number of hydrogen-bond donors (Lipinski definition) is 2. The second-order valence-corrected chi connectivity index (χ2v) is 5.24. The molecule has 0 saturated carbocycles. The van der Waals surface area contributed by atoms with Crippen LogP contribution in [0.2, 0.25) is 0 Å². The van der Waals surface area contributed by atoms with Crippen LogP contribution in [-0.2, 0) is 5.41 Å². The summed E-state index contributed by atoms with van der Waals surface area (Å²) < 4.78 is 0. The van der Waals surface area contributed by atoms with E-state index >= 15 is 0 Å². The molecule has 0 unspecified atom stereocenters. The molecular formula is C14H17N3O. The highest BCUT2D eigenvalue weighted by Gasteiger charge is 2.19. The van der Waals surface area contributed by atoms with Gasteiger partial charge < -0.3 is 5.32 Å². The normalized spacial score (nSPS) is 11.3. The van der Waals surface area contributed by atoms with Crippen LogP contribution in [0.3, 0.4) is 0 Å². The molecule has 1 aromatic heterocycles. The second kappa shape index (κ2) is 4.64. The van der Waals surface area contributed by atoms with Gasteiger partial charge in [0.1, 0.15) is 0 Å². The Bertz CT molecular complexity index is 538. The smallest absolute Gasteiger partial charge is 0.276 e. The largest absolute Gasteiger partial charge is 0.321 e. The molecule has 0 bridgehead atoms. The monoisotopic (exact) mass is 243 g/mol. The van der Waals surface area contributed by atoms with Crippen molar-refractivity contribution >= 4 is 11.6 Å². The van der Waals surface area contributed by atoms with Gasteiger partial charge in [-0.1, -0.05) is 39.0 Å². The lowest BCUT2D eigenvalue weighted by Crippen LogP contribution is -2.13. The van der Waals surface area contributed by atoms with E-state index in [1.165, 1.54) is 0 Å². The van der Waals surface area contributed by atoms with Crippen molar-refractivity contribution < 1.29 is 4.79 Å². The van der Waals surface area contributed by atoms with Gasteiger partial charge in [0.25, 0.3) is 5.91 Å². The predicted octanol–water partition coefficient (Wildman–Crippen LogP) is 2.96. The van der Waals surface area contributed by atoms with Crippen LogP contribution in [-0.4, -0.2) is 16.1 Å². The van der Waals surface area contributed by atoms with Gasteiger partial charge in [0.05, 0.1) is 0 Å². The number of para-hydroxylation sites is 1. The average molecular weight is 243 g/mol. The first-order valence-electron chi connectivity index (χ1n) is 5.89. The number of hydrogen-bond acceptors (Lipinski definition) is 2. The van der Waals surface area contributed by atoms with Gasteiger partial charge in [-0.05, 0) is 18.2 Å². The molecule has 1 aromatic carbocycles. The molecule has 0 aliphatic heterocycles. The lowest BCUT2D eigenvalue weighted by molar-refractivity contribution is 0.102. The van der Waals surface area contributed by atoms with Crippen LogP contribution in [0.25, 0.3) is 0 Å². The van der Waals surface area contributed by atoms with Gasteiger partial charge in [-0.25, -0.2) is 0 Å². The van der Waals surface area contributed by atoms with Gasteiger partial charge in [-0.15, -0.1) is 0 Å². The summed E-state index contributed by atoms with van der Waals surface area (Å²) in [5, 5.41) is 9.74. The molecule has 2 N–H and O–H groups in total. The summed E-state index contributed by atoms with van der Waals surface area (Å²) in [6.07, 6.45) is 0. The van der Waals surface area contributed by atoms with Crippen LogP contribution in [0.5, 0.6) is 0 Å². The molecule has 0 aliphatic carbocycles. The summed E-state index contributed by atoms with van der Waals surface area (Å²) in [5.74, 6) is -0.201. The summed E-state index contributed by atoms with van der Waals surface area (Å²) in [7, 11) is 0. The van der Waals surface area contributed by atoms with Crippen LogP contribution >= 0.6 is 0 Å². The summed E-state index contributed by atoms with van der Waals surface area (Å²) in [6.45, 7) is 6.21. The highest BCUT2D eigenvalue weighted by molar-refractivity contribution is 6.02. The Morgan fingerprint density at radius 3 is 2.44 bits per heavy atom. The molecule has 18 heavy (non-hydrogen) atoms.